The molecule has 1 rings (SSSR count). The Kier molecular flexibility index (Phi) is 4.71. The van der Waals surface area contributed by atoms with Crippen LogP contribution >= 0.6 is 0 Å². The predicted molar refractivity (Wildman–Crippen MR) is 63.0 cm³/mol. The lowest BCUT2D eigenvalue weighted by Gasteiger charge is -2.18. The van der Waals surface area contributed by atoms with Crippen LogP contribution in [0.15, 0.2) is 17.2 Å². The molecule has 92 valence electrons. The van der Waals surface area contributed by atoms with E-state index in [1.54, 1.807) is 19.1 Å². The topological polar surface area (TPSA) is 128 Å². The Balaban J connectivity index is 2.76. The lowest BCUT2D eigenvalue weighted by molar-refractivity contribution is 0.0129. The number of azide groups is 1. The number of nitrogens with zero attached hydrogens (tertiary/aromatic N) is 4. The van der Waals surface area contributed by atoms with E-state index in [2.05, 4.69) is 15.0 Å². The summed E-state index contributed by atoms with van der Waals surface area (Å²) in [6.07, 6.45) is -2.08. The highest BCUT2D eigenvalue weighted by molar-refractivity contribution is 5.44. The Bertz CT molecular complexity index is 431. The van der Waals surface area contributed by atoms with E-state index in [9.17, 15) is 10.2 Å². The summed E-state index contributed by atoms with van der Waals surface area (Å²) < 4.78 is 0. The van der Waals surface area contributed by atoms with Crippen molar-refractivity contribution < 1.29 is 10.2 Å². The zero-order chi connectivity index (χ0) is 12.8. The minimum absolute atomic E-state index is 0.112. The van der Waals surface area contributed by atoms with Crippen molar-refractivity contribution in [3.63, 3.8) is 0 Å². The molecule has 0 saturated carbocycles. The molecule has 0 radical (unpaired) electrons. The minimum atomic E-state index is -1.18. The van der Waals surface area contributed by atoms with Gasteiger partial charge in [0.15, 0.2) is 0 Å². The standard InChI is InChI=1S/C10H15N5O2/c1-6-2-3-7(11)9(14-6)10(17)8(16)4-5-13-15-12/h2-3,8,10,16-17H,4-5,11H2,1H3. The number of anilines is 1. The van der Waals surface area contributed by atoms with Crippen molar-refractivity contribution >= 4 is 5.69 Å². The summed E-state index contributed by atoms with van der Waals surface area (Å²) >= 11 is 0. The SMILES string of the molecule is Cc1ccc(N)c(C(O)C(O)CCN=[N+]=[N-])n1. The second-order valence-corrected chi connectivity index (χ2v) is 3.68. The Hall–Kier alpha value is -1.82. The highest BCUT2D eigenvalue weighted by Crippen LogP contribution is 2.22. The number of pyridine rings is 1. The van der Waals surface area contributed by atoms with Crippen LogP contribution < -0.4 is 5.73 Å². The van der Waals surface area contributed by atoms with Crippen molar-refractivity contribution in [1.29, 1.82) is 0 Å². The van der Waals surface area contributed by atoms with E-state index in [1.807, 2.05) is 0 Å². The van der Waals surface area contributed by atoms with Gasteiger partial charge < -0.3 is 15.9 Å². The van der Waals surface area contributed by atoms with E-state index < -0.39 is 12.2 Å². The van der Waals surface area contributed by atoms with Crippen LogP contribution in [0.2, 0.25) is 0 Å². The monoisotopic (exact) mass is 237 g/mol. The van der Waals surface area contributed by atoms with Gasteiger partial charge in [0.1, 0.15) is 6.10 Å². The van der Waals surface area contributed by atoms with Gasteiger partial charge in [-0.3, -0.25) is 4.98 Å². The third-order valence-corrected chi connectivity index (χ3v) is 2.33. The largest absolute Gasteiger partial charge is 0.397 e. The fourth-order valence-corrected chi connectivity index (χ4v) is 1.40. The van der Waals surface area contributed by atoms with Crippen molar-refractivity contribution in [1.82, 2.24) is 4.98 Å². The van der Waals surface area contributed by atoms with Gasteiger partial charge in [-0.05, 0) is 31.0 Å². The summed E-state index contributed by atoms with van der Waals surface area (Å²) in [6, 6.07) is 3.35. The lowest BCUT2D eigenvalue weighted by Crippen LogP contribution is -2.21. The van der Waals surface area contributed by atoms with Crippen LogP contribution in [0.5, 0.6) is 0 Å². The van der Waals surface area contributed by atoms with Gasteiger partial charge in [0.05, 0.1) is 17.5 Å². The molecule has 1 aromatic heterocycles. The average Bonchev–Trinajstić information content (AvgIpc) is 2.31. The third-order valence-electron chi connectivity index (χ3n) is 2.33. The number of rotatable bonds is 5. The van der Waals surface area contributed by atoms with Gasteiger partial charge in [0.25, 0.3) is 0 Å². The number of hydrogen-bond acceptors (Lipinski definition) is 5. The maximum atomic E-state index is 9.87. The first-order valence-corrected chi connectivity index (χ1v) is 5.16. The van der Waals surface area contributed by atoms with Crippen LogP contribution in [-0.2, 0) is 0 Å². The molecule has 0 aliphatic heterocycles. The van der Waals surface area contributed by atoms with Crippen LogP contribution in [0, 0.1) is 6.92 Å². The number of aromatic nitrogens is 1. The van der Waals surface area contributed by atoms with E-state index in [1.165, 1.54) is 0 Å². The molecule has 2 unspecified atom stereocenters. The highest BCUT2D eigenvalue weighted by Gasteiger charge is 2.21. The van der Waals surface area contributed by atoms with E-state index in [-0.39, 0.29) is 18.7 Å². The fraction of sp³-hybridized carbons (Fsp3) is 0.500. The number of aliphatic hydroxyl groups excluding tert-OH is 2. The van der Waals surface area contributed by atoms with Gasteiger partial charge in [-0.2, -0.15) is 0 Å². The molecule has 1 heterocycles. The molecule has 4 N–H and O–H groups in total. The molecule has 0 saturated heterocycles. The van der Waals surface area contributed by atoms with E-state index in [4.69, 9.17) is 11.3 Å². The zero-order valence-electron chi connectivity index (χ0n) is 9.48. The Morgan fingerprint density at radius 2 is 2.24 bits per heavy atom. The van der Waals surface area contributed by atoms with Crippen molar-refractivity contribution in [3.05, 3.63) is 34.0 Å². The second kappa shape index (κ2) is 6.05. The number of nitrogen functional groups attached to an aromatic ring is 1. The molecule has 7 heteroatoms. The van der Waals surface area contributed by atoms with Crippen molar-refractivity contribution in [2.45, 2.75) is 25.6 Å². The molecule has 1 aromatic rings. The van der Waals surface area contributed by atoms with Crippen molar-refractivity contribution in [2.75, 3.05) is 12.3 Å². The summed E-state index contributed by atoms with van der Waals surface area (Å²) in [5.74, 6) is 0. The maximum Gasteiger partial charge on any atom is 0.124 e. The second-order valence-electron chi connectivity index (χ2n) is 3.68. The first-order valence-electron chi connectivity index (χ1n) is 5.16. The van der Waals surface area contributed by atoms with Gasteiger partial charge in [-0.25, -0.2) is 0 Å². The van der Waals surface area contributed by atoms with Crippen molar-refractivity contribution in [3.8, 4) is 0 Å². The van der Waals surface area contributed by atoms with Crippen molar-refractivity contribution in [2.24, 2.45) is 5.11 Å². The summed E-state index contributed by atoms with van der Waals surface area (Å²) in [6.45, 7) is 1.88. The molecule has 0 amide bonds. The highest BCUT2D eigenvalue weighted by atomic mass is 16.3. The average molecular weight is 237 g/mol. The molecule has 7 nitrogen and oxygen atoms in total. The first kappa shape index (κ1) is 13.2. The predicted octanol–water partition coefficient (Wildman–Crippen LogP) is 1.07. The van der Waals surface area contributed by atoms with Gasteiger partial charge in [0, 0.05) is 17.2 Å². The van der Waals surface area contributed by atoms with Gasteiger partial charge in [-0.1, -0.05) is 5.11 Å². The summed E-state index contributed by atoms with van der Waals surface area (Å²) in [7, 11) is 0. The first-order chi connectivity index (χ1) is 8.06. The molecule has 17 heavy (non-hydrogen) atoms. The van der Waals surface area contributed by atoms with E-state index in [0.29, 0.717) is 11.4 Å². The smallest absolute Gasteiger partial charge is 0.124 e. The van der Waals surface area contributed by atoms with Crippen LogP contribution in [0.25, 0.3) is 10.4 Å². The Labute approximate surface area is 98.5 Å². The minimum Gasteiger partial charge on any atom is -0.397 e. The lowest BCUT2D eigenvalue weighted by atomic mass is 10.1. The molecule has 0 aliphatic rings. The third kappa shape index (κ3) is 3.60. The van der Waals surface area contributed by atoms with Gasteiger partial charge in [-0.15, -0.1) is 0 Å². The quantitative estimate of drug-likeness (QED) is 0.402. The van der Waals surface area contributed by atoms with E-state index in [0.717, 1.165) is 0 Å². The van der Waals surface area contributed by atoms with E-state index >= 15 is 0 Å². The molecular formula is C10H15N5O2. The fourth-order valence-electron chi connectivity index (χ4n) is 1.40. The molecule has 0 aromatic carbocycles. The summed E-state index contributed by atoms with van der Waals surface area (Å²) in [4.78, 5) is 6.65. The van der Waals surface area contributed by atoms with Crippen LogP contribution in [-0.4, -0.2) is 27.8 Å². The van der Waals surface area contributed by atoms with Crippen LogP contribution in [0.3, 0.4) is 0 Å². The maximum absolute atomic E-state index is 9.87. The Morgan fingerprint density at radius 1 is 1.53 bits per heavy atom. The van der Waals surface area contributed by atoms with Crippen LogP contribution in [0.4, 0.5) is 5.69 Å². The molecular weight excluding hydrogens is 222 g/mol. The zero-order valence-corrected chi connectivity index (χ0v) is 9.48. The number of aryl methyl sites for hydroxylation is 1. The normalized spacial score (nSPS) is 13.8. The van der Waals surface area contributed by atoms with Gasteiger partial charge in [0.2, 0.25) is 0 Å². The van der Waals surface area contributed by atoms with Gasteiger partial charge >= 0.3 is 0 Å². The van der Waals surface area contributed by atoms with Crippen LogP contribution in [0.1, 0.15) is 23.9 Å². The summed E-state index contributed by atoms with van der Waals surface area (Å²) in [5.41, 5.74) is 15.0. The number of hydrogen-bond donors (Lipinski definition) is 3. The number of nitrogens with two attached hydrogens (primary N) is 1. The Morgan fingerprint density at radius 3 is 2.88 bits per heavy atom. The number of aliphatic hydroxyl groups is 2. The molecule has 0 spiro atoms. The molecule has 2 atom stereocenters. The molecule has 0 fully saturated rings. The molecule has 0 aliphatic carbocycles. The molecule has 0 bridgehead atoms. The summed E-state index contributed by atoms with van der Waals surface area (Å²) in [5, 5.41) is 22.8.